The zero-order chi connectivity index (χ0) is 20.1. The minimum absolute atomic E-state index is 0. The lowest BCUT2D eigenvalue weighted by Crippen LogP contribution is -2.46. The van der Waals surface area contributed by atoms with Crippen molar-refractivity contribution >= 4 is 53.6 Å². The number of fused-ring (bicyclic) bond motifs is 1. The molecule has 1 aliphatic rings. The molecule has 1 N–H and O–H groups in total. The summed E-state index contributed by atoms with van der Waals surface area (Å²) in [5.41, 5.74) is 2.15. The fourth-order valence-corrected chi connectivity index (χ4v) is 4.34. The van der Waals surface area contributed by atoms with Gasteiger partial charge in [0.15, 0.2) is 4.77 Å². The SMILES string of the molecule is Cl.Cl.O=c1c2ccccc2[nH]c(=S)n1CCCCCN1CCN(c2ccccc2)CC1. The van der Waals surface area contributed by atoms with Crippen molar-refractivity contribution in [2.75, 3.05) is 37.6 Å². The van der Waals surface area contributed by atoms with Crippen LogP contribution >= 0.6 is 37.0 Å². The van der Waals surface area contributed by atoms with Crippen LogP contribution in [0.1, 0.15) is 19.3 Å². The lowest BCUT2D eigenvalue weighted by Gasteiger charge is -2.36. The third-order valence-corrected chi connectivity index (χ3v) is 6.06. The number of aromatic nitrogens is 2. The summed E-state index contributed by atoms with van der Waals surface area (Å²) in [6.45, 7) is 6.22. The van der Waals surface area contributed by atoms with Crippen LogP contribution in [-0.4, -0.2) is 47.2 Å². The molecule has 5 nitrogen and oxygen atoms in total. The molecular weight excluding hydrogens is 451 g/mol. The molecule has 31 heavy (non-hydrogen) atoms. The number of aromatic amines is 1. The summed E-state index contributed by atoms with van der Waals surface area (Å²) in [6.07, 6.45) is 3.23. The molecule has 3 aromatic rings. The number of nitrogens with zero attached hydrogens (tertiary/aromatic N) is 3. The highest BCUT2D eigenvalue weighted by Gasteiger charge is 2.16. The highest BCUT2D eigenvalue weighted by Crippen LogP contribution is 2.16. The van der Waals surface area contributed by atoms with E-state index >= 15 is 0 Å². The molecule has 0 radical (unpaired) electrons. The summed E-state index contributed by atoms with van der Waals surface area (Å²) in [6, 6.07) is 18.2. The number of para-hydroxylation sites is 2. The average molecular weight is 481 g/mol. The van der Waals surface area contributed by atoms with Gasteiger partial charge < -0.3 is 9.88 Å². The van der Waals surface area contributed by atoms with Gasteiger partial charge in [0.05, 0.1) is 10.9 Å². The maximum Gasteiger partial charge on any atom is 0.262 e. The molecule has 0 atom stereocenters. The largest absolute Gasteiger partial charge is 0.369 e. The summed E-state index contributed by atoms with van der Waals surface area (Å²) in [5, 5.41) is 0.706. The van der Waals surface area contributed by atoms with E-state index in [4.69, 9.17) is 12.2 Å². The molecule has 0 bridgehead atoms. The van der Waals surface area contributed by atoms with Crippen LogP contribution in [0.25, 0.3) is 10.9 Å². The molecule has 0 aliphatic carbocycles. The van der Waals surface area contributed by atoms with Gasteiger partial charge in [-0.15, -0.1) is 24.8 Å². The Morgan fingerprint density at radius 1 is 0.806 bits per heavy atom. The third kappa shape index (κ3) is 6.32. The van der Waals surface area contributed by atoms with Crippen LogP contribution in [0.3, 0.4) is 0 Å². The number of piperazine rings is 1. The van der Waals surface area contributed by atoms with Gasteiger partial charge in [-0.2, -0.15) is 0 Å². The molecule has 1 fully saturated rings. The Labute approximate surface area is 200 Å². The van der Waals surface area contributed by atoms with Crippen molar-refractivity contribution in [2.24, 2.45) is 0 Å². The molecule has 2 aromatic carbocycles. The Balaban J connectivity index is 0.00000171. The van der Waals surface area contributed by atoms with E-state index in [1.807, 2.05) is 24.3 Å². The Kier molecular flexibility index (Phi) is 10.0. The lowest BCUT2D eigenvalue weighted by molar-refractivity contribution is 0.251. The van der Waals surface area contributed by atoms with Crippen molar-refractivity contribution < 1.29 is 0 Å². The maximum absolute atomic E-state index is 12.7. The summed E-state index contributed by atoms with van der Waals surface area (Å²) >= 11 is 5.39. The molecule has 2 heterocycles. The molecule has 0 amide bonds. The predicted molar refractivity (Wildman–Crippen MR) is 137 cm³/mol. The summed E-state index contributed by atoms with van der Waals surface area (Å²) < 4.78 is 2.22. The molecule has 0 spiro atoms. The molecule has 1 aliphatic heterocycles. The normalized spacial score (nSPS) is 14.1. The third-order valence-electron chi connectivity index (χ3n) is 5.74. The Bertz CT molecular complexity index is 1060. The number of halogens is 2. The fraction of sp³-hybridized carbons (Fsp3) is 0.391. The van der Waals surface area contributed by atoms with E-state index < -0.39 is 0 Å². The number of nitrogens with one attached hydrogen (secondary N) is 1. The van der Waals surface area contributed by atoms with Gasteiger partial charge in [-0.25, -0.2) is 0 Å². The molecule has 1 saturated heterocycles. The number of hydrogen-bond donors (Lipinski definition) is 1. The van der Waals surface area contributed by atoms with Crippen LogP contribution in [0.15, 0.2) is 59.4 Å². The first-order valence-electron chi connectivity index (χ1n) is 10.5. The second-order valence-electron chi connectivity index (χ2n) is 7.66. The topological polar surface area (TPSA) is 44.3 Å². The van der Waals surface area contributed by atoms with Crippen molar-refractivity contribution in [3.63, 3.8) is 0 Å². The van der Waals surface area contributed by atoms with Crippen molar-refractivity contribution in [3.8, 4) is 0 Å². The van der Waals surface area contributed by atoms with Gasteiger partial charge in [0.2, 0.25) is 0 Å². The van der Waals surface area contributed by atoms with E-state index in [1.165, 1.54) is 5.69 Å². The number of anilines is 1. The summed E-state index contributed by atoms with van der Waals surface area (Å²) in [7, 11) is 0. The van der Waals surface area contributed by atoms with Gasteiger partial charge in [0.25, 0.3) is 5.56 Å². The smallest absolute Gasteiger partial charge is 0.262 e. The Hall–Kier alpha value is -1.86. The molecule has 8 heteroatoms. The van der Waals surface area contributed by atoms with Crippen molar-refractivity contribution in [3.05, 3.63) is 69.7 Å². The second-order valence-corrected chi connectivity index (χ2v) is 8.04. The van der Waals surface area contributed by atoms with Crippen LogP contribution in [0, 0.1) is 4.77 Å². The molecule has 168 valence electrons. The van der Waals surface area contributed by atoms with E-state index in [0.29, 0.717) is 16.7 Å². The van der Waals surface area contributed by atoms with Crippen LogP contribution in [-0.2, 0) is 6.54 Å². The van der Waals surface area contributed by atoms with Gasteiger partial charge in [-0.3, -0.25) is 14.3 Å². The fourth-order valence-electron chi connectivity index (χ4n) is 4.05. The number of H-pyrrole nitrogens is 1. The first-order valence-corrected chi connectivity index (χ1v) is 10.9. The van der Waals surface area contributed by atoms with Crippen molar-refractivity contribution in [2.45, 2.75) is 25.8 Å². The standard InChI is InChI=1S/C23H28N4OS.2ClH/c28-22-20-11-5-6-12-21(20)24-23(29)27(22)14-8-2-7-13-25-15-17-26(18-16-25)19-9-3-1-4-10-19;;/h1,3-6,9-12H,2,7-8,13-18H2,(H,24,29);2*1H. The van der Waals surface area contributed by atoms with E-state index in [2.05, 4.69) is 45.1 Å². The molecule has 1 aromatic heterocycles. The minimum atomic E-state index is 0. The maximum atomic E-state index is 12.7. The van der Waals surface area contributed by atoms with Crippen molar-refractivity contribution in [1.29, 1.82) is 0 Å². The van der Waals surface area contributed by atoms with Crippen LogP contribution in [0.5, 0.6) is 0 Å². The average Bonchev–Trinajstić information content (AvgIpc) is 2.76. The Morgan fingerprint density at radius 3 is 2.19 bits per heavy atom. The monoisotopic (exact) mass is 480 g/mol. The molecular formula is C23H30Cl2N4OS. The first kappa shape index (κ1) is 25.4. The lowest BCUT2D eigenvalue weighted by atomic mass is 10.2. The highest BCUT2D eigenvalue weighted by atomic mass is 35.5. The van der Waals surface area contributed by atoms with E-state index in [0.717, 1.165) is 57.5 Å². The second kappa shape index (κ2) is 12.2. The summed E-state index contributed by atoms with van der Waals surface area (Å²) in [4.78, 5) is 20.9. The van der Waals surface area contributed by atoms with Crippen LogP contribution < -0.4 is 10.5 Å². The summed E-state index contributed by atoms with van der Waals surface area (Å²) in [5.74, 6) is 0. The number of benzene rings is 2. The van der Waals surface area contributed by atoms with Crippen LogP contribution in [0.4, 0.5) is 5.69 Å². The highest BCUT2D eigenvalue weighted by molar-refractivity contribution is 7.71. The number of hydrogen-bond acceptors (Lipinski definition) is 4. The van der Waals surface area contributed by atoms with E-state index in [-0.39, 0.29) is 30.4 Å². The van der Waals surface area contributed by atoms with Crippen LogP contribution in [0.2, 0.25) is 0 Å². The van der Waals surface area contributed by atoms with E-state index in [1.54, 1.807) is 4.57 Å². The Morgan fingerprint density at radius 2 is 1.45 bits per heavy atom. The van der Waals surface area contributed by atoms with Crippen molar-refractivity contribution in [1.82, 2.24) is 14.5 Å². The quantitative estimate of drug-likeness (QED) is 0.385. The first-order chi connectivity index (χ1) is 14.2. The van der Waals surface area contributed by atoms with Gasteiger partial charge >= 0.3 is 0 Å². The van der Waals surface area contributed by atoms with Gasteiger partial charge in [-0.1, -0.05) is 36.8 Å². The van der Waals surface area contributed by atoms with E-state index in [9.17, 15) is 4.79 Å². The zero-order valence-corrected chi connectivity index (χ0v) is 20.0. The minimum Gasteiger partial charge on any atom is -0.369 e. The molecule has 4 rings (SSSR count). The molecule has 0 saturated carbocycles. The zero-order valence-electron chi connectivity index (χ0n) is 17.5. The number of unbranched alkanes of at least 4 members (excludes halogenated alkanes) is 2. The van der Waals surface area contributed by atoms with Gasteiger partial charge in [-0.05, 0) is 55.9 Å². The predicted octanol–water partition coefficient (Wildman–Crippen LogP) is 4.90. The molecule has 0 unspecified atom stereocenters. The number of rotatable bonds is 7. The van der Waals surface area contributed by atoms with Gasteiger partial charge in [0.1, 0.15) is 0 Å². The van der Waals surface area contributed by atoms with Gasteiger partial charge in [0, 0.05) is 38.4 Å².